The van der Waals surface area contributed by atoms with Gasteiger partial charge in [-0.3, -0.25) is 4.79 Å². The second-order valence-corrected chi connectivity index (χ2v) is 5.92. The molecule has 0 N–H and O–H groups in total. The van der Waals surface area contributed by atoms with Crippen LogP contribution in [0.2, 0.25) is 0 Å². The first-order valence-electron chi connectivity index (χ1n) is 5.98. The van der Waals surface area contributed by atoms with Crippen molar-refractivity contribution >= 4 is 5.78 Å². The molecular weight excluding hydrogens is 188 g/mol. The Bertz CT molecular complexity index is 219. The van der Waals surface area contributed by atoms with Gasteiger partial charge in [0.05, 0.1) is 0 Å². The van der Waals surface area contributed by atoms with Crippen LogP contribution in [-0.4, -0.2) is 18.5 Å². The van der Waals surface area contributed by atoms with Crippen LogP contribution in [0.15, 0.2) is 0 Å². The second-order valence-electron chi connectivity index (χ2n) is 5.92. The van der Waals surface area contributed by atoms with Crippen molar-refractivity contribution in [2.45, 2.75) is 64.9 Å². The second kappa shape index (κ2) is 4.65. The van der Waals surface area contributed by atoms with Crippen molar-refractivity contribution in [1.82, 2.24) is 0 Å². The van der Waals surface area contributed by atoms with Gasteiger partial charge < -0.3 is 4.74 Å². The van der Waals surface area contributed by atoms with E-state index in [0.29, 0.717) is 12.2 Å². The Morgan fingerprint density at radius 2 is 1.73 bits per heavy atom. The maximum absolute atomic E-state index is 12.2. The fraction of sp³-hybridized carbons (Fsp3) is 0.923. The summed E-state index contributed by atoms with van der Waals surface area (Å²) in [6.07, 6.45) is 5.96. The molecule has 0 atom stereocenters. The Balaban J connectivity index is 2.68. The highest BCUT2D eigenvalue weighted by Crippen LogP contribution is 2.35. The highest BCUT2D eigenvalue weighted by Gasteiger charge is 2.40. The van der Waals surface area contributed by atoms with Crippen LogP contribution in [0.3, 0.4) is 0 Å². The number of carbonyl (C=O) groups excluding carboxylic acids is 1. The van der Waals surface area contributed by atoms with Crippen LogP contribution in [0.5, 0.6) is 0 Å². The van der Waals surface area contributed by atoms with E-state index in [1.54, 1.807) is 7.11 Å². The molecule has 1 rings (SSSR count). The molecule has 0 aromatic carbocycles. The first-order valence-corrected chi connectivity index (χ1v) is 5.98. The lowest BCUT2D eigenvalue weighted by Crippen LogP contribution is -2.43. The summed E-state index contributed by atoms with van der Waals surface area (Å²) in [5.74, 6) is 0.303. The number of Topliss-reactive ketones (excluding diaryl/α,β-unsaturated/α-hetero) is 1. The van der Waals surface area contributed by atoms with Gasteiger partial charge in [0.1, 0.15) is 5.60 Å². The van der Waals surface area contributed by atoms with Crippen molar-refractivity contribution in [2.75, 3.05) is 7.11 Å². The highest BCUT2D eigenvalue weighted by atomic mass is 16.5. The van der Waals surface area contributed by atoms with E-state index in [-0.39, 0.29) is 5.41 Å². The lowest BCUT2D eigenvalue weighted by Gasteiger charge is -2.36. The molecule has 0 aliphatic heterocycles. The maximum atomic E-state index is 12.2. The van der Waals surface area contributed by atoms with Crippen LogP contribution in [-0.2, 0) is 9.53 Å². The van der Waals surface area contributed by atoms with Crippen molar-refractivity contribution in [3.63, 3.8) is 0 Å². The first kappa shape index (κ1) is 12.7. The molecule has 1 aliphatic carbocycles. The molecular formula is C13H24O2. The molecule has 1 saturated carbocycles. The Labute approximate surface area is 93.4 Å². The van der Waals surface area contributed by atoms with E-state index in [2.05, 4.69) is 20.8 Å². The largest absolute Gasteiger partial charge is 0.370 e. The molecule has 2 nitrogen and oxygen atoms in total. The fourth-order valence-electron chi connectivity index (χ4n) is 2.36. The predicted octanol–water partition coefficient (Wildman–Crippen LogP) is 3.34. The highest BCUT2D eigenvalue weighted by molar-refractivity contribution is 5.87. The number of hydrogen-bond donors (Lipinski definition) is 0. The molecule has 0 aromatic rings. The third kappa shape index (κ3) is 3.30. The molecule has 1 aliphatic rings. The van der Waals surface area contributed by atoms with Gasteiger partial charge in [-0.25, -0.2) is 0 Å². The Morgan fingerprint density at radius 3 is 2.13 bits per heavy atom. The molecule has 88 valence electrons. The summed E-state index contributed by atoms with van der Waals surface area (Å²) in [5.41, 5.74) is -0.383. The first-order chi connectivity index (χ1) is 6.90. The minimum absolute atomic E-state index is 0.0695. The summed E-state index contributed by atoms with van der Waals surface area (Å²) in [5, 5.41) is 0. The van der Waals surface area contributed by atoms with E-state index in [1.807, 2.05) is 0 Å². The molecule has 0 saturated heterocycles. The number of ketones is 1. The molecule has 0 amide bonds. The minimum atomic E-state index is -0.453. The van der Waals surface area contributed by atoms with Crippen molar-refractivity contribution in [1.29, 1.82) is 0 Å². The SMILES string of the molecule is COC1(C(=O)CC(C)(C)C)CCCCC1. The van der Waals surface area contributed by atoms with Crippen molar-refractivity contribution in [2.24, 2.45) is 5.41 Å². The molecule has 15 heavy (non-hydrogen) atoms. The van der Waals surface area contributed by atoms with Gasteiger partial charge in [0.25, 0.3) is 0 Å². The van der Waals surface area contributed by atoms with Crippen LogP contribution in [0.25, 0.3) is 0 Å². The lowest BCUT2D eigenvalue weighted by molar-refractivity contribution is -0.147. The standard InChI is InChI=1S/C13H24O2/c1-12(2,3)10-11(14)13(15-4)8-6-5-7-9-13/h5-10H2,1-4H3. The predicted molar refractivity (Wildman–Crippen MR) is 61.9 cm³/mol. The van der Waals surface area contributed by atoms with Gasteiger partial charge in [0, 0.05) is 13.5 Å². The van der Waals surface area contributed by atoms with Crippen LogP contribution >= 0.6 is 0 Å². The van der Waals surface area contributed by atoms with Crippen LogP contribution in [0, 0.1) is 5.41 Å². The maximum Gasteiger partial charge on any atom is 0.165 e. The van der Waals surface area contributed by atoms with Gasteiger partial charge in [-0.05, 0) is 18.3 Å². The molecule has 0 spiro atoms. The fourth-order valence-corrected chi connectivity index (χ4v) is 2.36. The summed E-state index contributed by atoms with van der Waals surface area (Å²) >= 11 is 0. The van der Waals surface area contributed by atoms with E-state index in [0.717, 1.165) is 25.7 Å². The molecule has 0 unspecified atom stereocenters. The topological polar surface area (TPSA) is 26.3 Å². The van der Waals surface area contributed by atoms with Gasteiger partial charge >= 0.3 is 0 Å². The monoisotopic (exact) mass is 212 g/mol. The molecule has 0 radical (unpaired) electrons. The van der Waals surface area contributed by atoms with Gasteiger partial charge in [-0.2, -0.15) is 0 Å². The van der Waals surface area contributed by atoms with Gasteiger partial charge in [-0.1, -0.05) is 40.0 Å². The summed E-state index contributed by atoms with van der Waals surface area (Å²) in [6, 6.07) is 0. The molecule has 2 heteroatoms. The van der Waals surface area contributed by atoms with E-state index < -0.39 is 5.60 Å². The quantitative estimate of drug-likeness (QED) is 0.717. The Morgan fingerprint density at radius 1 is 1.20 bits per heavy atom. The van der Waals surface area contributed by atoms with Crippen molar-refractivity contribution in [3.05, 3.63) is 0 Å². The van der Waals surface area contributed by atoms with E-state index in [9.17, 15) is 4.79 Å². The van der Waals surface area contributed by atoms with Gasteiger partial charge in [-0.15, -0.1) is 0 Å². The summed E-state index contributed by atoms with van der Waals surface area (Å²) < 4.78 is 5.54. The summed E-state index contributed by atoms with van der Waals surface area (Å²) in [7, 11) is 1.69. The molecule has 0 bridgehead atoms. The number of ether oxygens (including phenoxy) is 1. The smallest absolute Gasteiger partial charge is 0.165 e. The average molecular weight is 212 g/mol. The van der Waals surface area contributed by atoms with E-state index in [4.69, 9.17) is 4.74 Å². The summed E-state index contributed by atoms with van der Waals surface area (Å²) in [6.45, 7) is 6.32. The van der Waals surface area contributed by atoms with Gasteiger partial charge in [0.2, 0.25) is 0 Å². The van der Waals surface area contributed by atoms with E-state index in [1.165, 1.54) is 6.42 Å². The zero-order valence-electron chi connectivity index (χ0n) is 10.6. The number of rotatable bonds is 3. The van der Waals surface area contributed by atoms with Crippen LogP contribution < -0.4 is 0 Å². The average Bonchev–Trinajstić information content (AvgIpc) is 2.16. The molecule has 1 fully saturated rings. The van der Waals surface area contributed by atoms with Crippen molar-refractivity contribution < 1.29 is 9.53 Å². The minimum Gasteiger partial charge on any atom is -0.370 e. The third-order valence-electron chi connectivity index (χ3n) is 3.25. The third-order valence-corrected chi connectivity index (χ3v) is 3.25. The Kier molecular flexibility index (Phi) is 3.93. The van der Waals surface area contributed by atoms with Crippen LogP contribution in [0.4, 0.5) is 0 Å². The number of carbonyl (C=O) groups is 1. The number of methoxy groups -OCH3 is 1. The van der Waals surface area contributed by atoms with Crippen LogP contribution in [0.1, 0.15) is 59.3 Å². The zero-order valence-corrected chi connectivity index (χ0v) is 10.6. The van der Waals surface area contributed by atoms with Gasteiger partial charge in [0.15, 0.2) is 5.78 Å². The Hall–Kier alpha value is -0.370. The molecule has 0 aromatic heterocycles. The number of hydrogen-bond acceptors (Lipinski definition) is 2. The van der Waals surface area contributed by atoms with E-state index >= 15 is 0 Å². The van der Waals surface area contributed by atoms with Crippen molar-refractivity contribution in [3.8, 4) is 0 Å². The molecule has 0 heterocycles. The summed E-state index contributed by atoms with van der Waals surface area (Å²) in [4.78, 5) is 12.2. The zero-order chi connectivity index (χ0) is 11.5. The normalized spacial score (nSPS) is 21.3. The lowest BCUT2D eigenvalue weighted by atomic mass is 9.76.